The number of nitrogens with zero attached hydrogens (tertiary/aromatic N) is 4. The Morgan fingerprint density at radius 3 is 2.67 bits per heavy atom. The van der Waals surface area contributed by atoms with Crippen LogP contribution in [0.15, 0.2) is 53.4 Å². The summed E-state index contributed by atoms with van der Waals surface area (Å²) in [7, 11) is -3.50. The molecule has 0 aliphatic carbocycles. The molecule has 3 aromatic rings. The highest BCUT2D eigenvalue weighted by Crippen LogP contribution is 2.33. The number of amides is 1. The molecular formula is C23H25ClN4O6S2. The van der Waals surface area contributed by atoms with Crippen LogP contribution < -0.4 is 4.90 Å². The molecule has 2 heterocycles. The molecule has 36 heavy (non-hydrogen) atoms. The fraction of sp³-hybridized carbons (Fsp3) is 0.304. The second-order valence-corrected chi connectivity index (χ2v) is 11.0. The van der Waals surface area contributed by atoms with Gasteiger partial charge in [-0.25, -0.2) is 13.4 Å². The number of ether oxygens (including phenoxy) is 1. The maximum absolute atomic E-state index is 13.3. The number of nitro benzene ring substituents is 1. The molecule has 0 spiro atoms. The lowest BCUT2D eigenvalue weighted by atomic mass is 10.2. The van der Waals surface area contributed by atoms with Crippen LogP contribution >= 0.6 is 23.7 Å². The Hall–Kier alpha value is -2.90. The minimum atomic E-state index is -3.50. The van der Waals surface area contributed by atoms with Gasteiger partial charge < -0.3 is 4.74 Å². The lowest BCUT2D eigenvalue weighted by molar-refractivity contribution is -0.384. The highest BCUT2D eigenvalue weighted by molar-refractivity contribution is 7.91. The number of hydrogen-bond acceptors (Lipinski definition) is 9. The first-order valence-corrected chi connectivity index (χ1v) is 13.6. The first kappa shape index (κ1) is 27.7. The average Bonchev–Trinajstić information content (AvgIpc) is 3.27. The van der Waals surface area contributed by atoms with Gasteiger partial charge in [0.15, 0.2) is 15.0 Å². The van der Waals surface area contributed by atoms with E-state index in [1.807, 2.05) is 0 Å². The Labute approximate surface area is 218 Å². The molecule has 1 aromatic heterocycles. The standard InChI is InChI=1S/C23H24N4O6S2.ClH/c1-35(31,32)20-7-3-6-19-22(20)24-23(34-19)26(11-10-25-12-14-33-15-13-25)21(28)9-8-17-4-2-5-18(16-17)27(29)30;/h2-9,16H,10-15H2,1H3;1H. The maximum Gasteiger partial charge on any atom is 0.270 e. The SMILES string of the molecule is CS(=O)(=O)c1cccc2sc(N(CCN3CCOCC3)C(=O)C=Cc3cccc([N+](=O)[O-])c3)nc12.Cl. The number of aromatic nitrogens is 1. The summed E-state index contributed by atoms with van der Waals surface area (Å²) in [5.74, 6) is -0.357. The summed E-state index contributed by atoms with van der Waals surface area (Å²) in [6, 6.07) is 10.9. The highest BCUT2D eigenvalue weighted by Gasteiger charge is 2.22. The smallest absolute Gasteiger partial charge is 0.270 e. The van der Waals surface area contributed by atoms with Gasteiger partial charge in [0, 0.05) is 50.6 Å². The third-order valence-corrected chi connectivity index (χ3v) is 7.68. The van der Waals surface area contributed by atoms with Crippen LogP contribution in [0.25, 0.3) is 16.3 Å². The summed E-state index contributed by atoms with van der Waals surface area (Å²) in [6.07, 6.45) is 4.00. The van der Waals surface area contributed by atoms with Crippen molar-refractivity contribution in [1.29, 1.82) is 0 Å². The van der Waals surface area contributed by atoms with E-state index in [0.717, 1.165) is 19.3 Å². The summed E-state index contributed by atoms with van der Waals surface area (Å²) >= 11 is 1.24. The number of halogens is 1. The van der Waals surface area contributed by atoms with E-state index in [1.54, 1.807) is 24.3 Å². The Morgan fingerprint density at radius 1 is 1.25 bits per heavy atom. The molecule has 192 valence electrons. The predicted molar refractivity (Wildman–Crippen MR) is 142 cm³/mol. The van der Waals surface area contributed by atoms with Crippen LogP contribution in [0.1, 0.15) is 5.56 Å². The van der Waals surface area contributed by atoms with Gasteiger partial charge in [0.2, 0.25) is 0 Å². The molecule has 0 radical (unpaired) electrons. The highest BCUT2D eigenvalue weighted by atomic mass is 35.5. The maximum atomic E-state index is 13.3. The number of anilines is 1. The van der Waals surface area contributed by atoms with Crippen LogP contribution in [0.2, 0.25) is 0 Å². The van der Waals surface area contributed by atoms with E-state index in [-0.39, 0.29) is 28.9 Å². The van der Waals surface area contributed by atoms with Crippen molar-refractivity contribution in [3.05, 3.63) is 64.2 Å². The van der Waals surface area contributed by atoms with E-state index in [9.17, 15) is 23.3 Å². The van der Waals surface area contributed by atoms with Crippen molar-refractivity contribution < 1.29 is 22.9 Å². The van der Waals surface area contributed by atoms with Gasteiger partial charge in [-0.1, -0.05) is 29.5 Å². The van der Waals surface area contributed by atoms with E-state index < -0.39 is 14.8 Å². The molecule has 1 fully saturated rings. The van der Waals surface area contributed by atoms with Crippen LogP contribution in [-0.4, -0.2) is 74.8 Å². The summed E-state index contributed by atoms with van der Waals surface area (Å²) in [6.45, 7) is 3.69. The Kier molecular flexibility index (Phi) is 9.14. The molecule has 1 aliphatic heterocycles. The molecular weight excluding hydrogens is 528 g/mol. The van der Waals surface area contributed by atoms with Crippen molar-refractivity contribution in [2.75, 3.05) is 50.5 Å². The molecule has 2 aromatic carbocycles. The monoisotopic (exact) mass is 552 g/mol. The molecule has 0 saturated carbocycles. The molecule has 0 N–H and O–H groups in total. The van der Waals surface area contributed by atoms with Crippen molar-refractivity contribution in [3.8, 4) is 0 Å². The van der Waals surface area contributed by atoms with Gasteiger partial charge in [0.25, 0.3) is 11.6 Å². The Morgan fingerprint density at radius 2 is 1.97 bits per heavy atom. The van der Waals surface area contributed by atoms with Crippen LogP contribution in [0, 0.1) is 10.1 Å². The molecule has 13 heteroatoms. The van der Waals surface area contributed by atoms with Gasteiger partial charge in [-0.15, -0.1) is 12.4 Å². The zero-order valence-corrected chi connectivity index (χ0v) is 21.9. The Balaban J connectivity index is 0.00000361. The van der Waals surface area contributed by atoms with Crippen molar-refractivity contribution >= 4 is 66.6 Å². The molecule has 0 unspecified atom stereocenters. The third kappa shape index (κ3) is 6.65. The summed E-state index contributed by atoms with van der Waals surface area (Å²) in [5, 5.41) is 11.4. The number of sulfone groups is 1. The van der Waals surface area contributed by atoms with Gasteiger partial charge in [-0.3, -0.25) is 24.7 Å². The molecule has 1 amide bonds. The molecule has 10 nitrogen and oxygen atoms in total. The van der Waals surface area contributed by atoms with Crippen LogP contribution in [-0.2, 0) is 19.4 Å². The average molecular weight is 553 g/mol. The summed E-state index contributed by atoms with van der Waals surface area (Å²) < 4.78 is 30.5. The number of carbonyl (C=O) groups excluding carboxylic acids is 1. The molecule has 1 aliphatic rings. The second kappa shape index (κ2) is 11.9. The molecule has 0 atom stereocenters. The number of rotatable bonds is 8. The van der Waals surface area contributed by atoms with Gasteiger partial charge >= 0.3 is 0 Å². The summed E-state index contributed by atoms with van der Waals surface area (Å²) in [5.41, 5.74) is 0.787. The van der Waals surface area contributed by atoms with Gasteiger partial charge in [-0.2, -0.15) is 0 Å². The zero-order chi connectivity index (χ0) is 25.0. The lowest BCUT2D eigenvalue weighted by Gasteiger charge is -2.28. The van der Waals surface area contributed by atoms with E-state index in [0.29, 0.717) is 47.2 Å². The van der Waals surface area contributed by atoms with E-state index >= 15 is 0 Å². The van der Waals surface area contributed by atoms with Crippen molar-refractivity contribution in [2.45, 2.75) is 4.90 Å². The number of non-ortho nitro benzene ring substituents is 1. The third-order valence-electron chi connectivity index (χ3n) is 5.51. The number of para-hydroxylation sites is 1. The Bertz CT molecular complexity index is 1390. The van der Waals surface area contributed by atoms with E-state index in [1.165, 1.54) is 46.6 Å². The lowest BCUT2D eigenvalue weighted by Crippen LogP contribution is -2.42. The first-order chi connectivity index (χ1) is 16.7. The molecule has 0 bridgehead atoms. The first-order valence-electron chi connectivity index (χ1n) is 10.9. The molecule has 1 saturated heterocycles. The van der Waals surface area contributed by atoms with Crippen molar-refractivity contribution in [3.63, 3.8) is 0 Å². The number of hydrogen-bond donors (Lipinski definition) is 0. The van der Waals surface area contributed by atoms with Crippen LogP contribution in [0.5, 0.6) is 0 Å². The fourth-order valence-corrected chi connectivity index (χ4v) is 5.61. The van der Waals surface area contributed by atoms with Gasteiger partial charge in [0.05, 0.1) is 27.7 Å². The number of benzene rings is 2. The second-order valence-electron chi connectivity index (χ2n) is 8.00. The normalized spacial score (nSPS) is 14.6. The largest absolute Gasteiger partial charge is 0.379 e. The number of nitro groups is 1. The fourth-order valence-electron chi connectivity index (χ4n) is 3.69. The summed E-state index contributed by atoms with van der Waals surface area (Å²) in [4.78, 5) is 32.2. The van der Waals surface area contributed by atoms with Crippen LogP contribution in [0.3, 0.4) is 0 Å². The van der Waals surface area contributed by atoms with Crippen molar-refractivity contribution in [1.82, 2.24) is 9.88 Å². The van der Waals surface area contributed by atoms with Gasteiger partial charge in [0.1, 0.15) is 5.52 Å². The predicted octanol–water partition coefficient (Wildman–Crippen LogP) is 3.41. The quantitative estimate of drug-likeness (QED) is 0.237. The number of fused-ring (bicyclic) bond motifs is 1. The van der Waals surface area contributed by atoms with E-state index in [4.69, 9.17) is 4.74 Å². The zero-order valence-electron chi connectivity index (χ0n) is 19.4. The topological polar surface area (TPSA) is 123 Å². The number of thiazole rings is 1. The minimum Gasteiger partial charge on any atom is -0.379 e. The van der Waals surface area contributed by atoms with E-state index in [2.05, 4.69) is 9.88 Å². The number of carbonyl (C=O) groups is 1. The minimum absolute atomic E-state index is 0. The number of morpholine rings is 1. The van der Waals surface area contributed by atoms with Gasteiger partial charge in [-0.05, 0) is 23.8 Å². The molecule has 4 rings (SSSR count). The van der Waals surface area contributed by atoms with Crippen molar-refractivity contribution in [2.24, 2.45) is 0 Å². The van der Waals surface area contributed by atoms with Crippen LogP contribution in [0.4, 0.5) is 10.8 Å².